The number of carboxylic acid groups (broad SMARTS) is 1. The topological polar surface area (TPSA) is 337 Å². The predicted octanol–water partition coefficient (Wildman–Crippen LogP) is 13.9. The number of benzene rings is 3. The summed E-state index contributed by atoms with van der Waals surface area (Å²) < 4.78 is 36.7. The fourth-order valence-electron chi connectivity index (χ4n) is 21.1. The van der Waals surface area contributed by atoms with Crippen LogP contribution in [0, 0.1) is 0 Å². The van der Waals surface area contributed by atoms with Gasteiger partial charge in [-0.15, -0.1) is 0 Å². The van der Waals surface area contributed by atoms with Crippen molar-refractivity contribution in [3.8, 4) is 67.7 Å². The molecule has 134 heavy (non-hydrogen) atoms. The van der Waals surface area contributed by atoms with Gasteiger partial charge in [0.15, 0.2) is 5.69 Å². The van der Waals surface area contributed by atoms with Gasteiger partial charge in [-0.05, 0) is 117 Å². The summed E-state index contributed by atoms with van der Waals surface area (Å²) >= 11 is 0. The van der Waals surface area contributed by atoms with Crippen LogP contribution in [0.5, 0.6) is 0 Å². The molecular formula is C101H115N23O10. The van der Waals surface area contributed by atoms with Crippen LogP contribution in [-0.4, -0.2) is 228 Å². The highest BCUT2D eigenvalue weighted by atomic mass is 16.5. The Morgan fingerprint density at radius 3 is 1.48 bits per heavy atom. The first kappa shape index (κ1) is 88.5. The van der Waals surface area contributed by atoms with E-state index in [0.29, 0.717) is 82.6 Å². The molecule has 0 unspecified atom stereocenters. The molecule has 4 saturated heterocycles. The molecule has 33 heteroatoms. The number of carboxylic acids is 1. The second-order valence-corrected chi connectivity index (χ2v) is 36.4. The van der Waals surface area contributed by atoms with Gasteiger partial charge in [0.25, 0.3) is 0 Å². The normalized spacial score (nSPS) is 17.3. The molecule has 0 atom stereocenters. The second kappa shape index (κ2) is 38.7. The van der Waals surface area contributed by atoms with E-state index in [1.54, 1.807) is 35.3 Å². The van der Waals surface area contributed by atoms with Gasteiger partial charge in [0.1, 0.15) is 17.2 Å². The number of hydrogen-bond acceptors (Lipinski definition) is 20. The number of aromatic carboxylic acids is 1. The quantitative estimate of drug-likeness (QED) is 0.102. The number of para-hydroxylation sites is 1. The molecule has 0 radical (unpaired) electrons. The Morgan fingerprint density at radius 1 is 0.470 bits per heavy atom. The number of ether oxygens (including phenoxy) is 4. The average Bonchev–Trinajstić information content (AvgIpc) is 1.54. The first-order valence-electron chi connectivity index (χ1n) is 47.6. The minimum atomic E-state index is -1.07. The molecule has 23 rings (SSSR count). The lowest BCUT2D eigenvalue weighted by Gasteiger charge is -2.30. The van der Waals surface area contributed by atoms with Crippen molar-refractivity contribution in [3.63, 3.8) is 0 Å². The molecular weight excluding hydrogens is 1700 g/mol. The number of aryl methyl sites for hydroxylation is 2. The van der Waals surface area contributed by atoms with E-state index < -0.39 is 5.97 Å². The van der Waals surface area contributed by atoms with Crippen molar-refractivity contribution >= 4 is 62.7 Å². The third kappa shape index (κ3) is 17.8. The summed E-state index contributed by atoms with van der Waals surface area (Å²) in [6, 6.07) is 30.3. The van der Waals surface area contributed by atoms with Crippen LogP contribution in [0.3, 0.4) is 0 Å². The van der Waals surface area contributed by atoms with Crippen molar-refractivity contribution in [2.45, 2.75) is 187 Å². The van der Waals surface area contributed by atoms with E-state index in [-0.39, 0.29) is 35.4 Å². The number of aromatic amines is 1. The number of nitrogens with one attached hydrogen (secondary N) is 1. The number of carbonyl (C=O) groups is 5. The summed E-state index contributed by atoms with van der Waals surface area (Å²) in [7, 11) is 3.88. The van der Waals surface area contributed by atoms with Crippen LogP contribution in [0.15, 0.2) is 141 Å². The Hall–Kier alpha value is -13.4. The lowest BCUT2D eigenvalue weighted by atomic mass is 9.92. The maximum atomic E-state index is 12.7. The van der Waals surface area contributed by atoms with Crippen molar-refractivity contribution in [2.75, 3.05) is 90.5 Å². The van der Waals surface area contributed by atoms with Gasteiger partial charge in [0, 0.05) is 312 Å². The van der Waals surface area contributed by atoms with Crippen molar-refractivity contribution in [2.24, 2.45) is 14.1 Å². The first-order chi connectivity index (χ1) is 65.4. The highest BCUT2D eigenvalue weighted by Crippen LogP contribution is 2.44. The first-order valence-corrected chi connectivity index (χ1v) is 47.6. The number of H-pyrrole nitrogens is 1. The Balaban J connectivity index is 0.000000111. The van der Waals surface area contributed by atoms with Crippen molar-refractivity contribution in [3.05, 3.63) is 203 Å². The van der Waals surface area contributed by atoms with Gasteiger partial charge in [-0.25, -0.2) is 14.8 Å². The molecule has 0 bridgehead atoms. The van der Waals surface area contributed by atoms with Gasteiger partial charge in [0.05, 0.1) is 76.1 Å². The molecule has 9 aliphatic heterocycles. The summed E-state index contributed by atoms with van der Waals surface area (Å²) in [6.45, 7) is 20.3. The van der Waals surface area contributed by atoms with Gasteiger partial charge < -0.3 is 57.9 Å². The van der Waals surface area contributed by atoms with Crippen molar-refractivity contribution in [1.82, 2.24) is 108 Å². The molecule has 4 amide bonds. The zero-order valence-electron chi connectivity index (χ0n) is 77.1. The third-order valence-corrected chi connectivity index (χ3v) is 28.2. The second-order valence-electron chi connectivity index (χ2n) is 36.4. The fourth-order valence-corrected chi connectivity index (χ4v) is 21.1. The maximum Gasteiger partial charge on any atom is 0.356 e. The highest BCUT2D eigenvalue weighted by molar-refractivity contribution is 5.98. The van der Waals surface area contributed by atoms with E-state index in [4.69, 9.17) is 49.3 Å². The lowest BCUT2D eigenvalue weighted by molar-refractivity contribution is -0.132. The van der Waals surface area contributed by atoms with E-state index in [1.807, 2.05) is 120 Å². The Morgan fingerprint density at radius 2 is 0.963 bits per heavy atom. The Bertz CT molecular complexity index is 6700. The molecule has 11 aromatic heterocycles. The number of amides is 4. The largest absolute Gasteiger partial charge is 0.476 e. The zero-order valence-corrected chi connectivity index (χ0v) is 77.1. The van der Waals surface area contributed by atoms with Crippen LogP contribution in [0.2, 0.25) is 0 Å². The molecule has 0 aliphatic carbocycles. The number of pyridine rings is 3. The molecule has 20 heterocycles. The van der Waals surface area contributed by atoms with Crippen LogP contribution in [0.4, 0.5) is 5.69 Å². The number of hydrogen-bond donors (Lipinski definition) is 2. The molecule has 2 N–H and O–H groups in total. The number of fused-ring (bicyclic) bond motifs is 8. The van der Waals surface area contributed by atoms with Gasteiger partial charge in [-0.1, -0.05) is 62.4 Å². The Labute approximate surface area is 776 Å². The molecule has 0 spiro atoms. The van der Waals surface area contributed by atoms with Crippen molar-refractivity contribution in [1.29, 1.82) is 0 Å². The van der Waals surface area contributed by atoms with Gasteiger partial charge >= 0.3 is 5.97 Å². The fraction of sp³-hybridized carbons (Fsp3) is 0.436. The average molecular weight is 1810 g/mol. The van der Waals surface area contributed by atoms with E-state index in [2.05, 4.69) is 104 Å². The van der Waals surface area contributed by atoms with E-state index in [9.17, 15) is 29.1 Å². The van der Waals surface area contributed by atoms with Crippen LogP contribution in [0.25, 0.3) is 95.1 Å². The molecule has 0 saturated carbocycles. The maximum absolute atomic E-state index is 12.7. The van der Waals surface area contributed by atoms with Crippen molar-refractivity contribution < 1.29 is 48.0 Å². The molecule has 3 aromatic carbocycles. The molecule has 9 aliphatic rings. The van der Waals surface area contributed by atoms with E-state index in [1.165, 1.54) is 56.8 Å². The summed E-state index contributed by atoms with van der Waals surface area (Å²) in [5.74, 6) is 0.279. The molecule has 694 valence electrons. The van der Waals surface area contributed by atoms with Gasteiger partial charge in [0.2, 0.25) is 23.6 Å². The number of rotatable bonds is 14. The van der Waals surface area contributed by atoms with Crippen LogP contribution >= 0.6 is 0 Å². The summed E-state index contributed by atoms with van der Waals surface area (Å²) in [6.07, 6.45) is 30.8. The van der Waals surface area contributed by atoms with E-state index in [0.717, 1.165) is 263 Å². The third-order valence-electron chi connectivity index (χ3n) is 28.2. The minimum absolute atomic E-state index is 0.00876. The smallest absolute Gasteiger partial charge is 0.356 e. The van der Waals surface area contributed by atoms with Crippen LogP contribution in [-0.2, 0) is 117 Å². The number of imidazole rings is 2. The summed E-state index contributed by atoms with van der Waals surface area (Å²) in [5, 5.41) is 40.9. The standard InChI is InChI=1S/C28H36N6O2.C27H30N6O2.C25H26N6O2.C21H23N5O4/c1-3-27(35)33-13-9-26-25(19-33)28(30-34(26)21-10-14-36-15-11-21)24-7-4-6-20-17-32(12-5-8-23(20)24)22-16-29-31(2)18-22;1-3-26(34)32-10-7-25-23(17-32)27(30-33(25)20-8-11-35-12-9-20)21-6-4-5-18-13-24(28-15-22(18)21)19-14-29-31(2)16-19;1-16(32)30-11-7-22-20(15-30)23(29-31(22)18-8-12-33-13-9-18)19-5-2-6-21-24(19)28-25(27-21)17-4-3-10-26-14-17;1-13(27)24-8-4-18-16(11-24)19(23-26(18)14-5-9-30-10-6-14)15-3-2-7-25-12-17(21(28)29)22-20(15)25/h4,6-7,16,18,21H,3,5,8-15,17,19H2,1-2H3;4-6,13-16,20H,3,7-12,17H2,1-2H3;2-6,10,14,18H,7-9,11-13,15H2,1H3,(H,27,28);2-3,7,12,14H,4-6,8-11H2,1H3,(H,28,29). The van der Waals surface area contributed by atoms with Gasteiger partial charge in [-0.3, -0.25) is 57.2 Å². The summed E-state index contributed by atoms with van der Waals surface area (Å²) in [4.78, 5) is 92.8. The number of anilines is 1. The molecule has 4 fully saturated rings. The number of aromatic nitrogens is 18. The lowest BCUT2D eigenvalue weighted by Crippen LogP contribution is -2.36. The zero-order chi connectivity index (χ0) is 91.8. The number of nitrogens with zero attached hydrogens (tertiary/aromatic N) is 22. The minimum Gasteiger partial charge on any atom is -0.476 e. The predicted molar refractivity (Wildman–Crippen MR) is 504 cm³/mol. The highest BCUT2D eigenvalue weighted by Gasteiger charge is 2.38. The number of carbonyl (C=O) groups excluding carboxylic acids is 4. The summed E-state index contributed by atoms with van der Waals surface area (Å²) in [5.41, 5.74) is 26.6. The van der Waals surface area contributed by atoms with Crippen LogP contribution in [0.1, 0.15) is 189 Å². The molecule has 33 nitrogen and oxygen atoms in total. The van der Waals surface area contributed by atoms with Gasteiger partial charge in [-0.2, -0.15) is 30.6 Å². The molecule has 14 aromatic rings. The SMILES string of the molecule is CC(=O)N1CCc2c(c(-c3cccc4[nH]c(-c5cccnc5)nc34)nn2C2CCOCC2)C1.CC(=O)N1CCc2c(c(-c3cccn4cc(C(=O)O)nc34)nn2C2CCOCC2)C1.CCC(=O)N1CCc2c(c(-c3cccc4c3CCCN(c3cnn(C)c3)C4)nn2C2CCOCC2)C1.CCC(=O)N1CCc2c(c(-c3cccc4cc(-c5cnn(C)c5)ncc34)nn2C2CCOCC2)C1. The Kier molecular flexibility index (Phi) is 25.6. The van der Waals surface area contributed by atoms with E-state index >= 15 is 0 Å². The van der Waals surface area contributed by atoms with Crippen LogP contribution < -0.4 is 4.90 Å². The monoisotopic (exact) mass is 1810 g/mol.